The van der Waals surface area contributed by atoms with Crippen LogP contribution in [0.5, 0.6) is 5.75 Å². The molecule has 0 fully saturated rings. The van der Waals surface area contributed by atoms with Crippen LogP contribution in [-0.4, -0.2) is 88.9 Å². The molecule has 5 N–H and O–H groups in total. The summed E-state index contributed by atoms with van der Waals surface area (Å²) in [4.78, 5) is 44.6. The highest BCUT2D eigenvalue weighted by molar-refractivity contribution is 7.89. The summed E-state index contributed by atoms with van der Waals surface area (Å²) in [7, 11) is -0.838. The third kappa shape index (κ3) is 8.90. The number of aliphatic hydroxyl groups is 1. The molecule has 2 aromatic carbocycles. The molecule has 0 bridgehead atoms. The summed E-state index contributed by atoms with van der Waals surface area (Å²) in [5.41, 5.74) is 7.39. The van der Waals surface area contributed by atoms with Crippen molar-refractivity contribution in [2.24, 2.45) is 13.0 Å². The number of nitrogens with zero attached hydrogens (tertiary/aromatic N) is 4. The fraction of sp³-hybridized carbons (Fsp3) is 0.455. The molecule has 48 heavy (non-hydrogen) atoms. The Bertz CT molecular complexity index is 1710. The predicted octanol–water partition coefficient (Wildman–Crippen LogP) is 3.07. The van der Waals surface area contributed by atoms with Gasteiger partial charge in [0.15, 0.2) is 10.8 Å². The van der Waals surface area contributed by atoms with Gasteiger partial charge in [0.05, 0.1) is 48.1 Å². The largest absolute Gasteiger partial charge is 0.486 e. The zero-order valence-corrected chi connectivity index (χ0v) is 28.6. The molecule has 260 valence electrons. The first-order valence-corrected chi connectivity index (χ1v) is 17.4. The van der Waals surface area contributed by atoms with Crippen LogP contribution < -0.4 is 21.1 Å². The molecule has 1 aromatic heterocycles. The van der Waals surface area contributed by atoms with Crippen LogP contribution in [0, 0.1) is 5.92 Å². The fourth-order valence-electron chi connectivity index (χ4n) is 5.38. The van der Waals surface area contributed by atoms with Gasteiger partial charge in [-0.05, 0) is 44.0 Å². The lowest BCUT2D eigenvalue weighted by Gasteiger charge is -2.38. The maximum Gasteiger partial charge on any atom is 0.261 e. The van der Waals surface area contributed by atoms with Crippen LogP contribution in [-0.2, 0) is 26.7 Å². The Morgan fingerprint density at radius 3 is 2.35 bits per heavy atom. The predicted molar refractivity (Wildman–Crippen MR) is 182 cm³/mol. The molecule has 0 saturated heterocycles. The molecular weight excluding hydrogens is 638 g/mol. The number of nitrogens with two attached hydrogens (primary N) is 1. The van der Waals surface area contributed by atoms with Gasteiger partial charge in [-0.25, -0.2) is 13.4 Å². The number of aromatic nitrogens is 2. The molecule has 14 nitrogen and oxygen atoms in total. The van der Waals surface area contributed by atoms with Gasteiger partial charge in [-0.2, -0.15) is 4.31 Å². The first kappa shape index (κ1) is 36.4. The number of carbonyl (C=O) groups excluding carboxylic acids is 3. The van der Waals surface area contributed by atoms with E-state index in [-0.39, 0.29) is 78.2 Å². The summed E-state index contributed by atoms with van der Waals surface area (Å²) >= 11 is 0. The molecule has 3 aromatic rings. The number of ether oxygens (including phenoxy) is 1. The third-order valence-corrected chi connectivity index (χ3v) is 10.0. The summed E-state index contributed by atoms with van der Waals surface area (Å²) in [5.74, 6) is -1.07. The van der Waals surface area contributed by atoms with Crippen LogP contribution in [0.25, 0.3) is 0 Å². The summed E-state index contributed by atoms with van der Waals surface area (Å²) < 4.78 is 35.7. The number of anilines is 3. The Morgan fingerprint density at radius 2 is 1.73 bits per heavy atom. The topological polar surface area (TPSA) is 189 Å². The number of benzene rings is 2. The number of fused-ring (bicyclic) bond motifs is 1. The molecule has 0 unspecified atom stereocenters. The van der Waals surface area contributed by atoms with Crippen molar-refractivity contribution in [3.05, 3.63) is 60.6 Å². The van der Waals surface area contributed by atoms with E-state index < -0.39 is 22.2 Å². The fourth-order valence-corrected chi connectivity index (χ4v) is 6.52. The first-order valence-electron chi connectivity index (χ1n) is 15.9. The number of imidazole rings is 1. The first-order chi connectivity index (χ1) is 22.8. The van der Waals surface area contributed by atoms with Crippen molar-refractivity contribution in [1.82, 2.24) is 18.8 Å². The maximum atomic E-state index is 13.7. The molecule has 0 spiro atoms. The quantitative estimate of drug-likeness (QED) is 0.146. The highest BCUT2D eigenvalue weighted by atomic mass is 32.2. The van der Waals surface area contributed by atoms with Gasteiger partial charge in [0, 0.05) is 45.6 Å². The van der Waals surface area contributed by atoms with E-state index in [1.807, 2.05) is 6.92 Å². The number of carbonyl (C=O) groups is 3. The molecule has 1 aliphatic heterocycles. The number of likely N-dealkylation sites (N-methyl/N-ethyl adjacent to an activating group) is 1. The number of amides is 3. The van der Waals surface area contributed by atoms with E-state index in [1.54, 1.807) is 65.9 Å². The lowest BCUT2D eigenvalue weighted by molar-refractivity contribution is -0.116. The standard InChI is InChI=1S/C33H45N7O7S/c1-22-17-40(23(2)20-41)33(44)24-11-10-14-27(32(24)47-28(22)18-39(4)48(45,46)31-19-38(3)21-35-31)37-30(43)16-7-5-6-15-29(42)36-26-13-9-8-12-25(26)34/h8-14,19,21-23,28,41H,5-7,15-18,20,34H2,1-4H3,(H,36,42)(H,37,43)/t22-,23-,28+/m0/s1. The normalized spacial score (nSPS) is 17.2. The van der Waals surface area contributed by atoms with E-state index in [1.165, 1.54) is 19.6 Å². The van der Waals surface area contributed by atoms with Crippen LogP contribution in [0.15, 0.2) is 60.0 Å². The number of aliphatic hydroxyl groups excluding tert-OH is 1. The van der Waals surface area contributed by atoms with E-state index in [2.05, 4.69) is 15.6 Å². The number of nitrogens with one attached hydrogen (secondary N) is 2. The van der Waals surface area contributed by atoms with Crippen molar-refractivity contribution in [3.8, 4) is 5.75 Å². The van der Waals surface area contributed by atoms with E-state index in [0.717, 1.165) is 4.31 Å². The number of rotatable bonds is 14. The number of unbranched alkanes of at least 4 members (excludes halogenated alkanes) is 2. The number of nitrogen functional groups attached to an aromatic ring is 1. The van der Waals surface area contributed by atoms with Gasteiger partial charge in [0.1, 0.15) is 6.10 Å². The van der Waals surface area contributed by atoms with Crippen molar-refractivity contribution in [2.75, 3.05) is 43.1 Å². The molecule has 1 aliphatic rings. The Balaban J connectivity index is 1.45. The van der Waals surface area contributed by atoms with Crippen molar-refractivity contribution in [1.29, 1.82) is 0 Å². The summed E-state index contributed by atoms with van der Waals surface area (Å²) in [5, 5.41) is 15.5. The number of para-hydroxylation sites is 3. The Morgan fingerprint density at radius 1 is 1.08 bits per heavy atom. The van der Waals surface area contributed by atoms with Crippen LogP contribution in [0.2, 0.25) is 0 Å². The van der Waals surface area contributed by atoms with Gasteiger partial charge in [-0.1, -0.05) is 31.5 Å². The second-order valence-electron chi connectivity index (χ2n) is 12.2. The lowest BCUT2D eigenvalue weighted by Crippen LogP contribution is -2.50. The molecular formula is C33H45N7O7S. The summed E-state index contributed by atoms with van der Waals surface area (Å²) in [6, 6.07) is 11.3. The number of aryl methyl sites for hydroxylation is 1. The van der Waals surface area contributed by atoms with Crippen LogP contribution in [0.4, 0.5) is 17.1 Å². The molecule has 0 radical (unpaired) electrons. The van der Waals surface area contributed by atoms with Crippen LogP contribution in [0.3, 0.4) is 0 Å². The summed E-state index contributed by atoms with van der Waals surface area (Å²) in [6.45, 7) is 3.44. The smallest absolute Gasteiger partial charge is 0.261 e. The monoisotopic (exact) mass is 683 g/mol. The lowest BCUT2D eigenvalue weighted by atomic mass is 9.99. The number of sulfonamides is 1. The van der Waals surface area contributed by atoms with Gasteiger partial charge < -0.3 is 35.7 Å². The SMILES string of the molecule is C[C@H]1CN([C@@H](C)CO)C(=O)c2cccc(NC(=O)CCCCCC(=O)Nc3ccccc3N)c2O[C@@H]1CN(C)S(=O)(=O)c1cn(C)cn1. The molecule has 3 amide bonds. The molecule has 0 aliphatic carbocycles. The van der Waals surface area contributed by atoms with Crippen LogP contribution in [0.1, 0.15) is 56.3 Å². The van der Waals surface area contributed by atoms with Crippen molar-refractivity contribution in [2.45, 2.75) is 63.1 Å². The Labute approximate surface area is 281 Å². The second kappa shape index (κ2) is 16.1. The Kier molecular flexibility index (Phi) is 12.2. The maximum absolute atomic E-state index is 13.7. The van der Waals surface area contributed by atoms with E-state index in [0.29, 0.717) is 30.6 Å². The van der Waals surface area contributed by atoms with Gasteiger partial charge in [-0.15, -0.1) is 0 Å². The van der Waals surface area contributed by atoms with Crippen LogP contribution >= 0.6 is 0 Å². The van der Waals surface area contributed by atoms with E-state index in [4.69, 9.17) is 10.5 Å². The van der Waals surface area contributed by atoms with Crippen molar-refractivity contribution in [3.63, 3.8) is 0 Å². The molecule has 0 saturated carbocycles. The minimum atomic E-state index is -3.95. The molecule has 4 rings (SSSR count). The Hall–Kier alpha value is -4.47. The van der Waals surface area contributed by atoms with Crippen molar-refractivity contribution >= 4 is 44.8 Å². The molecule has 2 heterocycles. The second-order valence-corrected chi connectivity index (χ2v) is 14.2. The average molecular weight is 684 g/mol. The highest BCUT2D eigenvalue weighted by Gasteiger charge is 2.36. The molecule has 3 atom stereocenters. The molecule has 15 heteroatoms. The van der Waals surface area contributed by atoms with Gasteiger partial charge in [-0.3, -0.25) is 14.4 Å². The minimum absolute atomic E-state index is 0.0677. The minimum Gasteiger partial charge on any atom is -0.486 e. The van der Waals surface area contributed by atoms with Crippen molar-refractivity contribution < 1.29 is 32.6 Å². The average Bonchev–Trinajstić information content (AvgIpc) is 3.50. The summed E-state index contributed by atoms with van der Waals surface area (Å²) in [6.07, 6.45) is 4.28. The van der Waals surface area contributed by atoms with E-state index >= 15 is 0 Å². The highest BCUT2D eigenvalue weighted by Crippen LogP contribution is 2.35. The van der Waals surface area contributed by atoms with Gasteiger partial charge >= 0.3 is 0 Å². The third-order valence-electron chi connectivity index (χ3n) is 8.30. The number of hydrogen-bond acceptors (Lipinski definition) is 9. The number of hydrogen-bond donors (Lipinski definition) is 4. The zero-order chi connectivity index (χ0) is 35.0. The zero-order valence-electron chi connectivity index (χ0n) is 27.8. The van der Waals surface area contributed by atoms with Gasteiger partial charge in [0.2, 0.25) is 11.8 Å². The van der Waals surface area contributed by atoms with E-state index in [9.17, 15) is 27.9 Å². The van der Waals surface area contributed by atoms with Gasteiger partial charge in [0.25, 0.3) is 15.9 Å².